The van der Waals surface area contributed by atoms with Gasteiger partial charge in [-0.1, -0.05) is 6.07 Å². The third-order valence-electron chi connectivity index (χ3n) is 3.47. The van der Waals surface area contributed by atoms with Crippen LogP contribution in [0.1, 0.15) is 17.8 Å². The van der Waals surface area contributed by atoms with Crippen LogP contribution < -0.4 is 5.32 Å². The van der Waals surface area contributed by atoms with Gasteiger partial charge in [0.2, 0.25) is 0 Å². The lowest BCUT2D eigenvalue weighted by molar-refractivity contribution is -0.00363. The first kappa shape index (κ1) is 15.3. The molecule has 0 saturated carbocycles. The largest absolute Gasteiger partial charge is 0.375 e. The van der Waals surface area contributed by atoms with Crippen molar-refractivity contribution in [1.29, 1.82) is 0 Å². The van der Waals surface area contributed by atoms with E-state index >= 15 is 0 Å². The van der Waals surface area contributed by atoms with E-state index in [9.17, 15) is 4.79 Å². The lowest BCUT2D eigenvalue weighted by Crippen LogP contribution is -2.50. The monoisotopic (exact) mass is 297 g/mol. The molecule has 2 heterocycles. The van der Waals surface area contributed by atoms with Gasteiger partial charge in [0, 0.05) is 24.5 Å². The van der Waals surface area contributed by atoms with Crippen LogP contribution in [0.5, 0.6) is 0 Å². The summed E-state index contributed by atoms with van der Waals surface area (Å²) in [6.45, 7) is 4.57. The number of rotatable bonds is 4. The highest BCUT2D eigenvalue weighted by Crippen LogP contribution is 2.22. The summed E-state index contributed by atoms with van der Waals surface area (Å²) in [5, 5.41) is 5.11. The standard InChI is InChI=1S/C14H23N3O2S/c1-11-10-17(6-7-19-11)14(18)15-9-12(16(2)3)13-5-4-8-20-13/h4-5,8,11-12H,6-7,9-10H2,1-3H3,(H,15,18). The van der Waals surface area contributed by atoms with Crippen molar-refractivity contribution in [2.75, 3.05) is 40.3 Å². The zero-order chi connectivity index (χ0) is 14.5. The fourth-order valence-corrected chi connectivity index (χ4v) is 3.24. The lowest BCUT2D eigenvalue weighted by atomic mass is 10.2. The molecule has 1 fully saturated rings. The molecule has 1 aliphatic rings. The van der Waals surface area contributed by atoms with Gasteiger partial charge < -0.3 is 19.9 Å². The van der Waals surface area contributed by atoms with E-state index in [2.05, 4.69) is 21.7 Å². The summed E-state index contributed by atoms with van der Waals surface area (Å²) in [5.74, 6) is 0. The Morgan fingerprint density at radius 1 is 1.65 bits per heavy atom. The fourth-order valence-electron chi connectivity index (χ4n) is 2.32. The number of carbonyl (C=O) groups is 1. The fraction of sp³-hybridized carbons (Fsp3) is 0.643. The minimum atomic E-state index is 0.00329. The molecular weight excluding hydrogens is 274 g/mol. The maximum Gasteiger partial charge on any atom is 0.317 e. The minimum absolute atomic E-state index is 0.00329. The number of thiophene rings is 1. The predicted molar refractivity (Wildman–Crippen MR) is 81.1 cm³/mol. The van der Waals surface area contributed by atoms with Crippen LogP contribution in [0.4, 0.5) is 4.79 Å². The molecular formula is C14H23N3O2S. The average Bonchev–Trinajstić information content (AvgIpc) is 2.92. The molecule has 1 aromatic rings. The van der Waals surface area contributed by atoms with E-state index in [1.807, 2.05) is 32.0 Å². The lowest BCUT2D eigenvalue weighted by Gasteiger charge is -2.32. The number of hydrogen-bond donors (Lipinski definition) is 1. The number of carbonyl (C=O) groups excluding carboxylic acids is 1. The van der Waals surface area contributed by atoms with Gasteiger partial charge in [0.25, 0.3) is 0 Å². The highest BCUT2D eigenvalue weighted by atomic mass is 32.1. The number of nitrogens with zero attached hydrogens (tertiary/aromatic N) is 2. The van der Waals surface area contributed by atoms with E-state index in [4.69, 9.17) is 4.74 Å². The molecule has 1 aromatic heterocycles. The summed E-state index contributed by atoms with van der Waals surface area (Å²) < 4.78 is 5.45. The Bertz CT molecular complexity index is 422. The van der Waals surface area contributed by atoms with E-state index < -0.39 is 0 Å². The highest BCUT2D eigenvalue weighted by molar-refractivity contribution is 7.10. The molecule has 112 valence electrons. The predicted octanol–water partition coefficient (Wildman–Crippen LogP) is 1.78. The molecule has 0 spiro atoms. The highest BCUT2D eigenvalue weighted by Gasteiger charge is 2.23. The molecule has 0 aromatic carbocycles. The normalized spacial score (nSPS) is 21.0. The topological polar surface area (TPSA) is 44.8 Å². The summed E-state index contributed by atoms with van der Waals surface area (Å²) in [5.41, 5.74) is 0. The first-order valence-corrected chi connectivity index (χ1v) is 7.80. The van der Waals surface area contributed by atoms with Gasteiger partial charge in [-0.15, -0.1) is 11.3 Å². The molecule has 1 aliphatic heterocycles. The number of nitrogens with one attached hydrogen (secondary N) is 1. The SMILES string of the molecule is CC1CN(C(=O)NCC(c2cccs2)N(C)C)CCO1. The van der Waals surface area contributed by atoms with E-state index in [1.165, 1.54) is 4.88 Å². The van der Waals surface area contributed by atoms with Gasteiger partial charge in [0.1, 0.15) is 0 Å². The summed E-state index contributed by atoms with van der Waals surface area (Å²) >= 11 is 1.72. The van der Waals surface area contributed by atoms with Crippen molar-refractivity contribution in [3.05, 3.63) is 22.4 Å². The first-order chi connectivity index (χ1) is 9.58. The zero-order valence-electron chi connectivity index (χ0n) is 12.3. The van der Waals surface area contributed by atoms with Gasteiger partial charge in [-0.05, 0) is 32.5 Å². The van der Waals surface area contributed by atoms with Crippen molar-refractivity contribution in [3.63, 3.8) is 0 Å². The molecule has 0 radical (unpaired) electrons. The third-order valence-corrected chi connectivity index (χ3v) is 4.44. The summed E-state index contributed by atoms with van der Waals surface area (Å²) in [7, 11) is 4.07. The van der Waals surface area contributed by atoms with Gasteiger partial charge in [0.05, 0.1) is 18.8 Å². The molecule has 2 unspecified atom stereocenters. The third kappa shape index (κ3) is 3.94. The van der Waals surface area contributed by atoms with Crippen LogP contribution in [-0.4, -0.2) is 62.3 Å². The van der Waals surface area contributed by atoms with Crippen molar-refractivity contribution in [3.8, 4) is 0 Å². The Hall–Kier alpha value is -1.11. The molecule has 1 saturated heterocycles. The van der Waals surface area contributed by atoms with Gasteiger partial charge >= 0.3 is 6.03 Å². The van der Waals surface area contributed by atoms with E-state index in [0.29, 0.717) is 26.2 Å². The molecule has 0 bridgehead atoms. The number of likely N-dealkylation sites (N-methyl/N-ethyl adjacent to an activating group) is 1. The molecule has 2 rings (SSSR count). The van der Waals surface area contributed by atoms with Crippen molar-refractivity contribution >= 4 is 17.4 Å². The van der Waals surface area contributed by atoms with Crippen LogP contribution in [0.3, 0.4) is 0 Å². The Labute approximate surface area is 124 Å². The second-order valence-electron chi connectivity index (χ2n) is 5.31. The molecule has 1 N–H and O–H groups in total. The van der Waals surface area contributed by atoms with Crippen molar-refractivity contribution in [2.45, 2.75) is 19.1 Å². The maximum absolute atomic E-state index is 12.2. The zero-order valence-corrected chi connectivity index (χ0v) is 13.2. The molecule has 20 heavy (non-hydrogen) atoms. The number of morpholine rings is 1. The van der Waals surface area contributed by atoms with Crippen LogP contribution in [0.2, 0.25) is 0 Å². The van der Waals surface area contributed by atoms with Gasteiger partial charge in [-0.2, -0.15) is 0 Å². The smallest absolute Gasteiger partial charge is 0.317 e. The molecule has 0 aliphatic carbocycles. The van der Waals surface area contributed by atoms with Crippen molar-refractivity contribution in [2.24, 2.45) is 0 Å². The number of hydrogen-bond acceptors (Lipinski definition) is 4. The second kappa shape index (κ2) is 7.06. The Morgan fingerprint density at radius 2 is 2.45 bits per heavy atom. The van der Waals surface area contributed by atoms with Crippen LogP contribution in [0.15, 0.2) is 17.5 Å². The molecule has 2 amide bonds. The molecule has 5 nitrogen and oxygen atoms in total. The van der Waals surface area contributed by atoms with Gasteiger partial charge in [0.15, 0.2) is 0 Å². The van der Waals surface area contributed by atoms with E-state index in [1.54, 1.807) is 11.3 Å². The Balaban J connectivity index is 1.87. The second-order valence-corrected chi connectivity index (χ2v) is 6.29. The first-order valence-electron chi connectivity index (χ1n) is 6.92. The molecule has 6 heteroatoms. The summed E-state index contributed by atoms with van der Waals surface area (Å²) in [6.07, 6.45) is 0.122. The maximum atomic E-state index is 12.2. The number of urea groups is 1. The van der Waals surface area contributed by atoms with Crippen LogP contribution in [-0.2, 0) is 4.74 Å². The van der Waals surface area contributed by atoms with Crippen LogP contribution in [0.25, 0.3) is 0 Å². The van der Waals surface area contributed by atoms with E-state index in [0.717, 1.165) is 0 Å². The molecule has 2 atom stereocenters. The van der Waals surface area contributed by atoms with Crippen molar-refractivity contribution in [1.82, 2.24) is 15.1 Å². The minimum Gasteiger partial charge on any atom is -0.375 e. The number of ether oxygens (including phenoxy) is 1. The van der Waals surface area contributed by atoms with Crippen molar-refractivity contribution < 1.29 is 9.53 Å². The Kier molecular flexibility index (Phi) is 5.39. The van der Waals surface area contributed by atoms with Crippen LogP contribution >= 0.6 is 11.3 Å². The van der Waals surface area contributed by atoms with E-state index in [-0.39, 0.29) is 18.2 Å². The van der Waals surface area contributed by atoms with Gasteiger partial charge in [-0.3, -0.25) is 0 Å². The summed E-state index contributed by atoms with van der Waals surface area (Å²) in [6, 6.07) is 4.38. The Morgan fingerprint density at radius 3 is 3.05 bits per heavy atom. The summed E-state index contributed by atoms with van der Waals surface area (Å²) in [4.78, 5) is 17.4. The van der Waals surface area contributed by atoms with Crippen LogP contribution in [0, 0.1) is 0 Å². The number of amides is 2. The average molecular weight is 297 g/mol. The quantitative estimate of drug-likeness (QED) is 0.921. The van der Waals surface area contributed by atoms with Gasteiger partial charge in [-0.25, -0.2) is 4.79 Å².